The average Bonchev–Trinajstić information content (AvgIpc) is 2.10. The lowest BCUT2D eigenvalue weighted by Gasteiger charge is -2.11. The molecule has 0 aromatic carbocycles. The molecule has 0 saturated heterocycles. The molecule has 0 atom stereocenters. The third-order valence-corrected chi connectivity index (χ3v) is 2.02. The van der Waals surface area contributed by atoms with Crippen LogP contribution in [0.1, 0.15) is 0 Å². The second-order valence-corrected chi connectivity index (χ2v) is 3.24. The van der Waals surface area contributed by atoms with Crippen molar-refractivity contribution >= 4 is 40.3 Å². The van der Waals surface area contributed by atoms with Gasteiger partial charge >= 0.3 is 6.18 Å². The van der Waals surface area contributed by atoms with Crippen molar-refractivity contribution in [3.05, 3.63) is 23.0 Å². The van der Waals surface area contributed by atoms with Crippen molar-refractivity contribution in [3.8, 4) is 0 Å². The fourth-order valence-corrected chi connectivity index (χ4v) is 1.45. The Hall–Kier alpha value is -0.640. The minimum Gasteiger partial charge on any atom is -0.283 e. The minimum absolute atomic E-state index is 0.146. The Kier molecular flexibility index (Phi) is 3.71. The molecule has 0 spiro atoms. The topological polar surface area (TPSA) is 54.0 Å². The van der Waals surface area contributed by atoms with E-state index in [1.54, 1.807) is 0 Å². The number of aromatic nitrogens is 2. The highest BCUT2D eigenvalue weighted by molar-refractivity contribution is 14.1. The summed E-state index contributed by atoms with van der Waals surface area (Å²) in [5, 5.41) is 7.09. The molecule has 0 bridgehead atoms. The molecule has 4 nitrogen and oxygen atoms in total. The van der Waals surface area contributed by atoms with E-state index in [2.05, 4.69) is 8.19 Å². The van der Waals surface area contributed by atoms with Gasteiger partial charge in [-0.05, 0) is 0 Å². The molecular weight excluding hydrogens is 347 g/mol. The Morgan fingerprint density at radius 2 is 2.20 bits per heavy atom. The van der Waals surface area contributed by atoms with E-state index >= 15 is 0 Å². The highest BCUT2D eigenvalue weighted by Crippen LogP contribution is 2.19. The highest BCUT2D eigenvalue weighted by atomic mass is 127. The van der Waals surface area contributed by atoms with E-state index in [-0.39, 0.29) is 5.15 Å². The summed E-state index contributed by atoms with van der Waals surface area (Å²) in [6.07, 6.45) is -2.85. The van der Waals surface area contributed by atoms with Crippen molar-refractivity contribution in [1.29, 1.82) is 5.41 Å². The van der Waals surface area contributed by atoms with Crippen molar-refractivity contribution in [2.24, 2.45) is 3.21 Å². The van der Waals surface area contributed by atoms with Crippen LogP contribution >= 0.6 is 34.5 Å². The largest absolute Gasteiger partial charge is 0.450 e. The molecule has 82 valence electrons. The smallest absolute Gasteiger partial charge is 0.283 e. The first-order chi connectivity index (χ1) is 6.86. The first-order valence-electron chi connectivity index (χ1n) is 3.41. The highest BCUT2D eigenvalue weighted by Gasteiger charge is 2.37. The summed E-state index contributed by atoms with van der Waals surface area (Å²) < 4.78 is 40.8. The van der Waals surface area contributed by atoms with Crippen molar-refractivity contribution < 1.29 is 13.2 Å². The molecule has 1 heterocycles. The fourth-order valence-electron chi connectivity index (χ4n) is 0.795. The standard InChI is InChI=1S/C6H3ClF3IN4/c7-3-2-15(4(12)1-13-3)5(14-11)6(8,9)10/h1-2,12H/b12-4?,14-5-. The SMILES string of the molecule is N=c1cnc(Cl)cn1/C(=N\I)C(F)(F)F. The van der Waals surface area contributed by atoms with E-state index in [9.17, 15) is 13.2 Å². The molecule has 1 aromatic rings. The monoisotopic (exact) mass is 350 g/mol. The summed E-state index contributed by atoms with van der Waals surface area (Å²) >= 11 is 6.63. The Morgan fingerprint density at radius 3 is 2.67 bits per heavy atom. The molecular formula is C6H3ClF3IN4. The summed E-state index contributed by atoms with van der Waals surface area (Å²) in [6, 6.07) is 0. The average molecular weight is 350 g/mol. The third kappa shape index (κ3) is 2.91. The molecule has 0 aliphatic rings. The maximum atomic E-state index is 12.4. The maximum Gasteiger partial charge on any atom is 0.450 e. The van der Waals surface area contributed by atoms with Crippen molar-refractivity contribution in [2.75, 3.05) is 0 Å². The zero-order chi connectivity index (χ0) is 11.6. The van der Waals surface area contributed by atoms with Gasteiger partial charge in [-0.1, -0.05) is 11.6 Å². The molecule has 0 aliphatic heterocycles. The van der Waals surface area contributed by atoms with Gasteiger partial charge in [-0.3, -0.25) is 9.98 Å². The molecule has 0 unspecified atom stereocenters. The van der Waals surface area contributed by atoms with E-state index in [1.807, 2.05) is 0 Å². The second kappa shape index (κ2) is 4.47. The number of halogens is 5. The van der Waals surface area contributed by atoms with Crippen LogP contribution in [0.5, 0.6) is 0 Å². The first-order valence-corrected chi connectivity index (χ1v) is 4.76. The number of hydrogen-bond acceptors (Lipinski definition) is 3. The van der Waals surface area contributed by atoms with E-state index in [0.29, 0.717) is 4.57 Å². The summed E-state index contributed by atoms with van der Waals surface area (Å²) in [6.45, 7) is 0. The lowest BCUT2D eigenvalue weighted by atomic mass is 10.5. The molecule has 1 rings (SSSR count). The quantitative estimate of drug-likeness (QED) is 0.435. The van der Waals surface area contributed by atoms with Crippen molar-refractivity contribution in [1.82, 2.24) is 9.55 Å². The van der Waals surface area contributed by atoms with Gasteiger partial charge in [0.2, 0.25) is 5.84 Å². The van der Waals surface area contributed by atoms with Gasteiger partial charge in [-0.2, -0.15) is 16.4 Å². The van der Waals surface area contributed by atoms with Gasteiger partial charge in [-0.25, -0.2) is 4.98 Å². The van der Waals surface area contributed by atoms with Crippen LogP contribution in [0.2, 0.25) is 5.15 Å². The number of alkyl halides is 3. The van der Waals surface area contributed by atoms with Crippen LogP contribution < -0.4 is 5.49 Å². The van der Waals surface area contributed by atoms with E-state index in [4.69, 9.17) is 17.0 Å². The van der Waals surface area contributed by atoms with Crippen molar-refractivity contribution in [3.63, 3.8) is 0 Å². The second-order valence-electron chi connectivity index (χ2n) is 2.37. The molecule has 1 aromatic heterocycles. The van der Waals surface area contributed by atoms with Gasteiger partial charge in [0.05, 0.1) is 29.1 Å². The zero-order valence-electron chi connectivity index (χ0n) is 6.89. The number of nitrogens with one attached hydrogen (secondary N) is 1. The summed E-state index contributed by atoms with van der Waals surface area (Å²) in [4.78, 5) is 3.47. The van der Waals surface area contributed by atoms with E-state index < -0.39 is 17.5 Å². The molecule has 0 aliphatic carbocycles. The maximum absolute atomic E-state index is 12.4. The molecule has 9 heteroatoms. The molecule has 0 radical (unpaired) electrons. The number of nitrogens with zero attached hydrogens (tertiary/aromatic N) is 3. The van der Waals surface area contributed by atoms with E-state index in [0.717, 1.165) is 12.4 Å². The molecule has 0 saturated carbocycles. The van der Waals surface area contributed by atoms with Gasteiger partial charge in [0.15, 0.2) is 0 Å². The van der Waals surface area contributed by atoms with Gasteiger partial charge in [0, 0.05) is 6.20 Å². The fraction of sp³-hybridized carbons (Fsp3) is 0.167. The molecule has 15 heavy (non-hydrogen) atoms. The minimum atomic E-state index is -4.65. The van der Waals surface area contributed by atoms with Gasteiger partial charge in [0.1, 0.15) is 10.6 Å². The third-order valence-electron chi connectivity index (χ3n) is 1.37. The van der Waals surface area contributed by atoms with Crippen LogP contribution in [0, 0.1) is 5.41 Å². The first kappa shape index (κ1) is 12.4. The van der Waals surface area contributed by atoms with Crippen LogP contribution in [-0.4, -0.2) is 21.6 Å². The number of rotatable bonds is 0. The zero-order valence-corrected chi connectivity index (χ0v) is 9.80. The van der Waals surface area contributed by atoms with Crippen LogP contribution in [0.4, 0.5) is 13.2 Å². The predicted octanol–water partition coefficient (Wildman–Crippen LogP) is 2.17. The number of hydrogen-bond donors (Lipinski definition) is 1. The Bertz CT molecular complexity index is 452. The Balaban J connectivity index is 3.38. The molecule has 0 fully saturated rings. The normalized spacial score (nSPS) is 13.0. The predicted molar refractivity (Wildman–Crippen MR) is 56.0 cm³/mol. The van der Waals surface area contributed by atoms with Crippen LogP contribution in [0.25, 0.3) is 0 Å². The van der Waals surface area contributed by atoms with Crippen LogP contribution in [-0.2, 0) is 0 Å². The van der Waals surface area contributed by atoms with Crippen molar-refractivity contribution in [2.45, 2.75) is 6.18 Å². The Morgan fingerprint density at radius 1 is 1.60 bits per heavy atom. The van der Waals surface area contributed by atoms with Gasteiger partial charge in [0.25, 0.3) is 0 Å². The van der Waals surface area contributed by atoms with Crippen LogP contribution in [0.15, 0.2) is 15.6 Å². The van der Waals surface area contributed by atoms with Crippen LogP contribution in [0.3, 0.4) is 0 Å². The van der Waals surface area contributed by atoms with Gasteiger partial charge < -0.3 is 0 Å². The molecule has 0 amide bonds. The summed E-state index contributed by atoms with van der Waals surface area (Å²) in [5.41, 5.74) is -0.452. The van der Waals surface area contributed by atoms with Gasteiger partial charge in [-0.15, -0.1) is 0 Å². The lowest BCUT2D eigenvalue weighted by molar-refractivity contribution is -0.0614. The summed E-state index contributed by atoms with van der Waals surface area (Å²) in [5.74, 6) is -1.22. The molecule has 1 N–H and O–H groups in total. The van der Waals surface area contributed by atoms with E-state index in [1.165, 1.54) is 22.9 Å². The summed E-state index contributed by atoms with van der Waals surface area (Å²) in [7, 11) is 0. The lowest BCUT2D eigenvalue weighted by Crippen LogP contribution is -2.37. The Labute approximate surface area is 101 Å².